The average Bonchev–Trinajstić information content (AvgIpc) is 2.83. The predicted molar refractivity (Wildman–Crippen MR) is 82.5 cm³/mol. The fourth-order valence-electron chi connectivity index (χ4n) is 2.40. The lowest BCUT2D eigenvalue weighted by Crippen LogP contribution is -2.37. The first-order chi connectivity index (χ1) is 10.9. The molecule has 0 unspecified atom stereocenters. The number of aromatic carboxylic acids is 1. The molecule has 120 valence electrons. The van der Waals surface area contributed by atoms with E-state index in [1.807, 2.05) is 6.92 Å². The van der Waals surface area contributed by atoms with Crippen molar-refractivity contribution in [2.75, 3.05) is 18.1 Å². The number of anilines is 2. The van der Waals surface area contributed by atoms with Gasteiger partial charge >= 0.3 is 5.97 Å². The summed E-state index contributed by atoms with van der Waals surface area (Å²) >= 11 is 0. The first-order valence-electron chi connectivity index (χ1n) is 6.93. The maximum Gasteiger partial charge on any atom is 0.335 e. The van der Waals surface area contributed by atoms with Crippen LogP contribution in [0.25, 0.3) is 0 Å². The van der Waals surface area contributed by atoms with E-state index < -0.39 is 11.6 Å². The monoisotopic (exact) mass is 316 g/mol. The highest BCUT2D eigenvalue weighted by Gasteiger charge is 2.38. The third kappa shape index (κ3) is 2.96. The van der Waals surface area contributed by atoms with Crippen molar-refractivity contribution in [2.24, 2.45) is 0 Å². The van der Waals surface area contributed by atoms with E-state index in [9.17, 15) is 4.79 Å². The molecule has 0 bridgehead atoms. The van der Waals surface area contributed by atoms with Crippen LogP contribution in [0.2, 0.25) is 0 Å². The van der Waals surface area contributed by atoms with Gasteiger partial charge in [0, 0.05) is 6.42 Å². The van der Waals surface area contributed by atoms with Crippen LogP contribution in [0.15, 0.2) is 24.3 Å². The second kappa shape index (κ2) is 5.31. The summed E-state index contributed by atoms with van der Waals surface area (Å²) < 4.78 is 11.5. The van der Waals surface area contributed by atoms with Crippen molar-refractivity contribution in [3.05, 3.63) is 35.4 Å². The SMILES string of the molecule is C[C@]1(COc2ccc(C(=O)O)cc2)Cc2c(N)nc(N)nc2O1. The third-order valence-electron chi connectivity index (χ3n) is 3.56. The van der Waals surface area contributed by atoms with Gasteiger partial charge in [-0.25, -0.2) is 4.79 Å². The van der Waals surface area contributed by atoms with E-state index in [4.69, 9.17) is 26.0 Å². The van der Waals surface area contributed by atoms with Gasteiger partial charge in [-0.3, -0.25) is 0 Å². The first-order valence-corrected chi connectivity index (χ1v) is 6.93. The number of ether oxygens (including phenoxy) is 2. The molecule has 0 saturated carbocycles. The molecule has 1 aromatic carbocycles. The van der Waals surface area contributed by atoms with Crippen molar-refractivity contribution in [1.82, 2.24) is 9.97 Å². The van der Waals surface area contributed by atoms with Gasteiger partial charge in [0.15, 0.2) is 0 Å². The lowest BCUT2D eigenvalue weighted by atomic mass is 10.0. The molecule has 1 atom stereocenters. The Labute approximate surface area is 132 Å². The number of hydrogen-bond acceptors (Lipinski definition) is 7. The summed E-state index contributed by atoms with van der Waals surface area (Å²) in [7, 11) is 0. The predicted octanol–water partition coefficient (Wildman–Crippen LogP) is 1.11. The van der Waals surface area contributed by atoms with Crippen LogP contribution >= 0.6 is 0 Å². The van der Waals surface area contributed by atoms with E-state index in [-0.39, 0.29) is 18.1 Å². The molecule has 1 aliphatic rings. The largest absolute Gasteiger partial charge is 0.489 e. The molecule has 1 aliphatic heterocycles. The molecule has 0 amide bonds. The molecular formula is C15H16N4O4. The van der Waals surface area contributed by atoms with Gasteiger partial charge in [-0.05, 0) is 31.2 Å². The summed E-state index contributed by atoms with van der Waals surface area (Å²) in [6.07, 6.45) is 0.502. The number of carbonyl (C=O) groups is 1. The number of hydrogen-bond donors (Lipinski definition) is 3. The van der Waals surface area contributed by atoms with E-state index in [0.717, 1.165) is 0 Å². The van der Waals surface area contributed by atoms with E-state index in [0.29, 0.717) is 29.4 Å². The Morgan fingerprint density at radius 2 is 2.04 bits per heavy atom. The maximum absolute atomic E-state index is 10.8. The van der Waals surface area contributed by atoms with Crippen molar-refractivity contribution in [3.63, 3.8) is 0 Å². The molecule has 3 rings (SSSR count). The highest BCUT2D eigenvalue weighted by molar-refractivity contribution is 5.87. The fraction of sp³-hybridized carbons (Fsp3) is 0.267. The van der Waals surface area contributed by atoms with Crippen LogP contribution in [0, 0.1) is 0 Å². The van der Waals surface area contributed by atoms with Gasteiger partial charge in [-0.1, -0.05) is 0 Å². The Bertz CT molecular complexity index is 763. The number of benzene rings is 1. The molecule has 1 aromatic heterocycles. The lowest BCUT2D eigenvalue weighted by molar-refractivity contribution is 0.0526. The Morgan fingerprint density at radius 1 is 1.35 bits per heavy atom. The molecule has 8 heteroatoms. The molecule has 5 N–H and O–H groups in total. The van der Waals surface area contributed by atoms with Gasteiger partial charge in [-0.2, -0.15) is 9.97 Å². The third-order valence-corrected chi connectivity index (χ3v) is 3.56. The number of carboxylic acids is 1. The van der Waals surface area contributed by atoms with Crippen molar-refractivity contribution >= 4 is 17.7 Å². The number of nitrogens with zero attached hydrogens (tertiary/aromatic N) is 2. The van der Waals surface area contributed by atoms with Crippen LogP contribution in [0.3, 0.4) is 0 Å². The minimum absolute atomic E-state index is 0.0654. The van der Waals surface area contributed by atoms with E-state index in [2.05, 4.69) is 9.97 Å². The van der Waals surface area contributed by atoms with Crippen LogP contribution in [0.1, 0.15) is 22.8 Å². The smallest absolute Gasteiger partial charge is 0.335 e. The minimum atomic E-state index is -0.982. The Hall–Kier alpha value is -3.03. The Kier molecular flexibility index (Phi) is 3.44. The van der Waals surface area contributed by atoms with Crippen LogP contribution in [0.5, 0.6) is 11.6 Å². The fourth-order valence-corrected chi connectivity index (χ4v) is 2.40. The number of carboxylic acid groups (broad SMARTS) is 1. The van der Waals surface area contributed by atoms with Gasteiger partial charge < -0.3 is 26.0 Å². The van der Waals surface area contributed by atoms with E-state index in [1.165, 1.54) is 12.1 Å². The van der Waals surface area contributed by atoms with Crippen LogP contribution in [-0.2, 0) is 6.42 Å². The zero-order chi connectivity index (χ0) is 16.6. The zero-order valence-corrected chi connectivity index (χ0v) is 12.4. The number of rotatable bonds is 4. The number of nitrogens with two attached hydrogens (primary N) is 2. The molecule has 0 aliphatic carbocycles. The van der Waals surface area contributed by atoms with Crippen LogP contribution in [0.4, 0.5) is 11.8 Å². The van der Waals surface area contributed by atoms with E-state index in [1.54, 1.807) is 12.1 Å². The van der Waals surface area contributed by atoms with E-state index >= 15 is 0 Å². The molecule has 0 fully saturated rings. The zero-order valence-electron chi connectivity index (χ0n) is 12.4. The van der Waals surface area contributed by atoms with Gasteiger partial charge in [0.1, 0.15) is 23.8 Å². The minimum Gasteiger partial charge on any atom is -0.489 e. The molecule has 0 saturated heterocycles. The Morgan fingerprint density at radius 3 is 2.70 bits per heavy atom. The quantitative estimate of drug-likeness (QED) is 0.763. The van der Waals surface area contributed by atoms with Gasteiger partial charge in [0.05, 0.1) is 11.1 Å². The normalized spacial score (nSPS) is 19.0. The number of aromatic nitrogens is 2. The van der Waals surface area contributed by atoms with Crippen molar-refractivity contribution in [3.8, 4) is 11.6 Å². The van der Waals surface area contributed by atoms with Gasteiger partial charge in [0.25, 0.3) is 0 Å². The maximum atomic E-state index is 10.8. The highest BCUT2D eigenvalue weighted by Crippen LogP contribution is 2.36. The Balaban J connectivity index is 1.69. The van der Waals surface area contributed by atoms with Gasteiger partial charge in [0.2, 0.25) is 11.8 Å². The summed E-state index contributed by atoms with van der Waals surface area (Å²) in [6, 6.07) is 6.16. The molecule has 23 heavy (non-hydrogen) atoms. The second-order valence-electron chi connectivity index (χ2n) is 5.60. The van der Waals surface area contributed by atoms with Gasteiger partial charge in [-0.15, -0.1) is 0 Å². The lowest BCUT2D eigenvalue weighted by Gasteiger charge is -2.23. The summed E-state index contributed by atoms with van der Waals surface area (Å²) in [4.78, 5) is 18.8. The topological polar surface area (TPSA) is 134 Å². The summed E-state index contributed by atoms with van der Waals surface area (Å²) in [5.74, 6) is 0.319. The number of fused-ring (bicyclic) bond motifs is 1. The molecule has 2 aromatic rings. The van der Waals surface area contributed by atoms with Crippen LogP contribution in [-0.4, -0.2) is 33.3 Å². The first kappa shape index (κ1) is 14.9. The molecule has 0 spiro atoms. The molecule has 8 nitrogen and oxygen atoms in total. The summed E-state index contributed by atoms with van der Waals surface area (Å²) in [5.41, 5.74) is 11.7. The summed E-state index contributed by atoms with van der Waals surface area (Å²) in [5, 5.41) is 8.87. The molecular weight excluding hydrogens is 300 g/mol. The average molecular weight is 316 g/mol. The van der Waals surface area contributed by atoms with Crippen molar-refractivity contribution in [2.45, 2.75) is 18.9 Å². The molecule has 2 heterocycles. The molecule has 0 radical (unpaired) electrons. The highest BCUT2D eigenvalue weighted by atomic mass is 16.6. The number of nitrogen functional groups attached to an aromatic ring is 2. The van der Waals surface area contributed by atoms with Crippen LogP contribution < -0.4 is 20.9 Å². The standard InChI is InChI=1S/C15H16N4O4/c1-15(6-10-11(16)18-14(17)19-12(10)23-15)7-22-9-4-2-8(3-5-9)13(20)21/h2-5H,6-7H2,1H3,(H,20,21)(H4,16,17,18,19)/t15-/m1/s1. The van der Waals surface area contributed by atoms with Crippen molar-refractivity contribution in [1.29, 1.82) is 0 Å². The summed E-state index contributed by atoms with van der Waals surface area (Å²) in [6.45, 7) is 2.12. The van der Waals surface area contributed by atoms with Crippen molar-refractivity contribution < 1.29 is 19.4 Å². The second-order valence-corrected chi connectivity index (χ2v) is 5.60.